The first-order chi connectivity index (χ1) is 12.2. The first kappa shape index (κ1) is 15.3. The highest BCUT2D eigenvalue weighted by Gasteiger charge is 2.15. The number of carbonyl (C=O) groups is 1. The fourth-order valence-corrected chi connectivity index (χ4v) is 3.25. The predicted octanol–water partition coefficient (Wildman–Crippen LogP) is 4.21. The predicted molar refractivity (Wildman–Crippen MR) is 96.1 cm³/mol. The Kier molecular flexibility index (Phi) is 3.91. The van der Waals surface area contributed by atoms with Crippen molar-refractivity contribution in [1.82, 2.24) is 9.97 Å². The van der Waals surface area contributed by atoms with Crippen LogP contribution in [0.2, 0.25) is 0 Å². The largest absolute Gasteiger partial charge is 0.481 e. The van der Waals surface area contributed by atoms with Gasteiger partial charge in [0.15, 0.2) is 16.5 Å². The van der Waals surface area contributed by atoms with E-state index < -0.39 is 0 Å². The second kappa shape index (κ2) is 6.37. The number of fused-ring (bicyclic) bond motifs is 1. The number of rotatable bonds is 4. The van der Waals surface area contributed by atoms with Crippen LogP contribution in [0.25, 0.3) is 21.0 Å². The minimum absolute atomic E-state index is 0.213. The van der Waals surface area contributed by atoms with E-state index in [1.165, 1.54) is 24.6 Å². The number of furan rings is 1. The minimum atomic E-state index is -0.348. The van der Waals surface area contributed by atoms with Gasteiger partial charge in [-0.05, 0) is 30.3 Å². The van der Waals surface area contributed by atoms with Crippen LogP contribution >= 0.6 is 11.3 Å². The van der Waals surface area contributed by atoms with Crippen molar-refractivity contribution in [3.63, 3.8) is 0 Å². The van der Waals surface area contributed by atoms with Crippen molar-refractivity contribution in [3.05, 3.63) is 60.5 Å². The van der Waals surface area contributed by atoms with Gasteiger partial charge in [-0.25, -0.2) is 9.97 Å². The van der Waals surface area contributed by atoms with Gasteiger partial charge in [0.1, 0.15) is 0 Å². The maximum absolute atomic E-state index is 12.3. The maximum Gasteiger partial charge on any atom is 0.291 e. The summed E-state index contributed by atoms with van der Waals surface area (Å²) in [5.41, 5.74) is 1.47. The number of nitrogens with one attached hydrogen (secondary N) is 1. The third-order valence-corrected chi connectivity index (χ3v) is 4.59. The number of anilines is 1. The molecule has 1 N–H and O–H groups in total. The molecule has 4 rings (SSSR count). The Balaban J connectivity index is 1.54. The Morgan fingerprint density at radius 2 is 2.04 bits per heavy atom. The summed E-state index contributed by atoms with van der Waals surface area (Å²) in [5.74, 6) is 0.915. The van der Waals surface area contributed by atoms with Crippen molar-refractivity contribution in [2.75, 3.05) is 12.4 Å². The maximum atomic E-state index is 12.3. The molecule has 3 aromatic heterocycles. The van der Waals surface area contributed by atoms with Gasteiger partial charge in [-0.15, -0.1) is 11.3 Å². The van der Waals surface area contributed by atoms with Gasteiger partial charge in [-0.2, -0.15) is 0 Å². The molecule has 0 saturated heterocycles. The van der Waals surface area contributed by atoms with E-state index in [1.54, 1.807) is 24.3 Å². The summed E-state index contributed by atoms with van der Waals surface area (Å²) in [7, 11) is 1.53. The summed E-state index contributed by atoms with van der Waals surface area (Å²) in [6.45, 7) is 0. The van der Waals surface area contributed by atoms with Crippen molar-refractivity contribution in [2.24, 2.45) is 0 Å². The SMILES string of the molecule is COc1ccc(NC(=O)c2ccc(-c3nc4ccccc4s3)o2)cn1. The van der Waals surface area contributed by atoms with E-state index in [2.05, 4.69) is 15.3 Å². The Labute approximate surface area is 147 Å². The number of benzene rings is 1. The molecule has 0 atom stereocenters. The van der Waals surface area contributed by atoms with E-state index in [4.69, 9.17) is 9.15 Å². The first-order valence-corrected chi connectivity index (χ1v) is 8.32. The molecule has 1 aromatic carbocycles. The van der Waals surface area contributed by atoms with Crippen LogP contribution < -0.4 is 10.1 Å². The molecule has 0 saturated carbocycles. The number of aromatic nitrogens is 2. The first-order valence-electron chi connectivity index (χ1n) is 7.50. The summed E-state index contributed by atoms with van der Waals surface area (Å²) < 4.78 is 11.7. The Bertz CT molecular complexity index is 1000. The third-order valence-electron chi connectivity index (χ3n) is 3.54. The van der Waals surface area contributed by atoms with E-state index in [-0.39, 0.29) is 11.7 Å². The van der Waals surface area contributed by atoms with E-state index in [1.807, 2.05) is 24.3 Å². The summed E-state index contributed by atoms with van der Waals surface area (Å²) in [5, 5.41) is 3.48. The molecule has 6 nitrogen and oxygen atoms in total. The summed E-state index contributed by atoms with van der Waals surface area (Å²) in [4.78, 5) is 20.9. The molecular weight excluding hydrogens is 338 g/mol. The summed E-state index contributed by atoms with van der Waals surface area (Å²) in [6.07, 6.45) is 1.52. The lowest BCUT2D eigenvalue weighted by Gasteiger charge is -2.03. The average molecular weight is 351 g/mol. The monoisotopic (exact) mass is 351 g/mol. The lowest BCUT2D eigenvalue weighted by Crippen LogP contribution is -2.10. The molecule has 0 aliphatic heterocycles. The van der Waals surface area contributed by atoms with Gasteiger partial charge in [0.2, 0.25) is 5.88 Å². The summed E-state index contributed by atoms with van der Waals surface area (Å²) >= 11 is 1.52. The van der Waals surface area contributed by atoms with Crippen LogP contribution in [0.3, 0.4) is 0 Å². The third kappa shape index (κ3) is 3.09. The number of amides is 1. The quantitative estimate of drug-likeness (QED) is 0.596. The molecule has 0 spiro atoms. The van der Waals surface area contributed by atoms with Crippen molar-refractivity contribution in [3.8, 4) is 16.6 Å². The molecule has 0 aliphatic carbocycles. The molecule has 0 fully saturated rings. The zero-order chi connectivity index (χ0) is 17.2. The van der Waals surface area contributed by atoms with Crippen LogP contribution in [0, 0.1) is 0 Å². The van der Waals surface area contributed by atoms with Crippen molar-refractivity contribution < 1.29 is 13.9 Å². The van der Waals surface area contributed by atoms with Crippen LogP contribution in [0.4, 0.5) is 5.69 Å². The van der Waals surface area contributed by atoms with Gasteiger partial charge in [0, 0.05) is 6.07 Å². The fourth-order valence-electron chi connectivity index (χ4n) is 2.32. The van der Waals surface area contributed by atoms with Crippen LogP contribution in [-0.4, -0.2) is 23.0 Å². The molecule has 124 valence electrons. The second-order valence-electron chi connectivity index (χ2n) is 5.19. The number of thiazole rings is 1. The molecule has 4 aromatic rings. The normalized spacial score (nSPS) is 10.8. The lowest BCUT2D eigenvalue weighted by atomic mass is 10.3. The smallest absolute Gasteiger partial charge is 0.291 e. The minimum Gasteiger partial charge on any atom is -0.481 e. The molecule has 7 heteroatoms. The number of hydrogen-bond acceptors (Lipinski definition) is 6. The van der Waals surface area contributed by atoms with E-state index in [9.17, 15) is 4.79 Å². The molecule has 0 aliphatic rings. The van der Waals surface area contributed by atoms with Gasteiger partial charge >= 0.3 is 0 Å². The number of ether oxygens (including phenoxy) is 1. The number of hydrogen-bond donors (Lipinski definition) is 1. The zero-order valence-corrected chi connectivity index (χ0v) is 14.0. The lowest BCUT2D eigenvalue weighted by molar-refractivity contribution is 0.0997. The second-order valence-corrected chi connectivity index (χ2v) is 6.22. The average Bonchev–Trinajstić information content (AvgIpc) is 3.29. The Morgan fingerprint density at radius 1 is 1.16 bits per heavy atom. The van der Waals surface area contributed by atoms with Crippen LogP contribution in [-0.2, 0) is 0 Å². The molecule has 0 unspecified atom stereocenters. The van der Waals surface area contributed by atoms with E-state index in [0.29, 0.717) is 17.3 Å². The topological polar surface area (TPSA) is 77.2 Å². The van der Waals surface area contributed by atoms with Crippen molar-refractivity contribution >= 4 is 33.1 Å². The van der Waals surface area contributed by atoms with E-state index in [0.717, 1.165) is 15.2 Å². The fraction of sp³-hybridized carbons (Fsp3) is 0.0556. The summed E-state index contributed by atoms with van der Waals surface area (Å²) in [6, 6.07) is 14.6. The van der Waals surface area contributed by atoms with Gasteiger partial charge in [-0.3, -0.25) is 4.79 Å². The van der Waals surface area contributed by atoms with Gasteiger partial charge < -0.3 is 14.5 Å². The molecular formula is C18H13N3O3S. The molecule has 3 heterocycles. The van der Waals surface area contributed by atoms with Crippen molar-refractivity contribution in [1.29, 1.82) is 0 Å². The van der Waals surface area contributed by atoms with Crippen LogP contribution in [0.15, 0.2) is 59.1 Å². The number of carbonyl (C=O) groups excluding carboxylic acids is 1. The highest BCUT2D eigenvalue weighted by atomic mass is 32.1. The standard InChI is InChI=1S/C18H13N3O3S/c1-23-16-9-6-11(10-19-16)20-17(22)13-7-8-14(24-13)18-21-12-4-2-3-5-15(12)25-18/h2-10H,1H3,(H,20,22). The number of methoxy groups -OCH3 is 1. The van der Waals surface area contributed by atoms with E-state index >= 15 is 0 Å². The van der Waals surface area contributed by atoms with Crippen molar-refractivity contribution in [2.45, 2.75) is 0 Å². The van der Waals surface area contributed by atoms with Gasteiger partial charge in [0.25, 0.3) is 5.91 Å². The van der Waals surface area contributed by atoms with Crippen LogP contribution in [0.5, 0.6) is 5.88 Å². The highest BCUT2D eigenvalue weighted by Crippen LogP contribution is 2.31. The van der Waals surface area contributed by atoms with Gasteiger partial charge in [0.05, 0.1) is 29.2 Å². The number of pyridine rings is 1. The molecule has 1 amide bonds. The van der Waals surface area contributed by atoms with Crippen LogP contribution in [0.1, 0.15) is 10.6 Å². The Hall–Kier alpha value is -3.19. The number of para-hydroxylation sites is 1. The molecule has 0 radical (unpaired) electrons. The number of nitrogens with zero attached hydrogens (tertiary/aromatic N) is 2. The highest BCUT2D eigenvalue weighted by molar-refractivity contribution is 7.21. The van der Waals surface area contributed by atoms with Gasteiger partial charge in [-0.1, -0.05) is 12.1 Å². The Morgan fingerprint density at radius 3 is 2.80 bits per heavy atom. The zero-order valence-electron chi connectivity index (χ0n) is 13.2. The molecule has 0 bridgehead atoms. The molecule has 25 heavy (non-hydrogen) atoms.